The number of nitrogens with zero attached hydrogens (tertiary/aromatic N) is 3. The first kappa shape index (κ1) is 14.2. The van der Waals surface area contributed by atoms with Gasteiger partial charge in [0.15, 0.2) is 5.13 Å². The molecule has 114 valence electrons. The molecule has 1 N–H and O–H groups in total. The van der Waals surface area contributed by atoms with Crippen LogP contribution < -0.4 is 4.90 Å². The first-order valence-electron chi connectivity index (χ1n) is 7.57. The van der Waals surface area contributed by atoms with Gasteiger partial charge in [0.1, 0.15) is 0 Å². The summed E-state index contributed by atoms with van der Waals surface area (Å²) < 4.78 is 1.14. The fraction of sp³-hybridized carbons (Fsp3) is 0.222. The fourth-order valence-electron chi connectivity index (χ4n) is 2.88. The molecular formula is C18H15N3OS. The Morgan fingerprint density at radius 1 is 1.17 bits per heavy atom. The maximum Gasteiger partial charge on any atom is 0.186 e. The first-order valence-corrected chi connectivity index (χ1v) is 8.39. The third-order valence-electron chi connectivity index (χ3n) is 4.16. The summed E-state index contributed by atoms with van der Waals surface area (Å²) >= 11 is 1.66. The molecule has 1 aliphatic heterocycles. The molecule has 0 saturated carbocycles. The Bertz CT molecular complexity index is 895. The summed E-state index contributed by atoms with van der Waals surface area (Å²) in [6, 6.07) is 16.0. The largest absolute Gasteiger partial charge is 0.391 e. The molecule has 3 aromatic rings. The number of aromatic nitrogens is 1. The van der Waals surface area contributed by atoms with Gasteiger partial charge in [0.2, 0.25) is 0 Å². The fourth-order valence-corrected chi connectivity index (χ4v) is 3.92. The topological polar surface area (TPSA) is 60.2 Å². The van der Waals surface area contributed by atoms with Crippen molar-refractivity contribution in [2.75, 3.05) is 18.0 Å². The Balaban J connectivity index is 1.68. The van der Waals surface area contributed by atoms with Crippen molar-refractivity contribution in [2.45, 2.75) is 12.5 Å². The Morgan fingerprint density at radius 3 is 2.65 bits per heavy atom. The van der Waals surface area contributed by atoms with E-state index in [-0.39, 0.29) is 6.10 Å². The molecule has 1 aliphatic rings. The van der Waals surface area contributed by atoms with E-state index in [9.17, 15) is 5.11 Å². The van der Waals surface area contributed by atoms with E-state index in [1.165, 1.54) is 0 Å². The van der Waals surface area contributed by atoms with E-state index in [1.807, 2.05) is 30.3 Å². The van der Waals surface area contributed by atoms with E-state index >= 15 is 0 Å². The number of fused-ring (bicyclic) bond motifs is 1. The van der Waals surface area contributed by atoms with Crippen LogP contribution in [0.15, 0.2) is 42.5 Å². The predicted molar refractivity (Wildman–Crippen MR) is 92.6 cm³/mol. The quantitative estimate of drug-likeness (QED) is 0.786. The number of benzene rings is 2. The average Bonchev–Trinajstić information content (AvgIpc) is 3.20. The SMILES string of the molecule is N#Cc1ccc(-c2ccc3nc(N4CC[C@H](O)C4)sc3c2)cc1. The highest BCUT2D eigenvalue weighted by molar-refractivity contribution is 7.22. The molecule has 0 unspecified atom stereocenters. The van der Waals surface area contributed by atoms with Crippen LogP contribution in [0.1, 0.15) is 12.0 Å². The van der Waals surface area contributed by atoms with Crippen molar-refractivity contribution >= 4 is 26.7 Å². The number of anilines is 1. The number of hydrogen-bond donors (Lipinski definition) is 1. The molecule has 4 nitrogen and oxygen atoms in total. The molecule has 1 atom stereocenters. The summed E-state index contributed by atoms with van der Waals surface area (Å²) in [4.78, 5) is 6.83. The van der Waals surface area contributed by atoms with Gasteiger partial charge in [-0.25, -0.2) is 4.98 Å². The van der Waals surface area contributed by atoms with E-state index in [4.69, 9.17) is 5.26 Å². The highest BCUT2D eigenvalue weighted by Crippen LogP contribution is 2.33. The van der Waals surface area contributed by atoms with E-state index in [0.29, 0.717) is 12.1 Å². The maximum atomic E-state index is 9.68. The molecule has 0 spiro atoms. The summed E-state index contributed by atoms with van der Waals surface area (Å²) in [7, 11) is 0. The van der Waals surface area contributed by atoms with Crippen molar-refractivity contribution in [1.82, 2.24) is 4.98 Å². The van der Waals surface area contributed by atoms with Crippen LogP contribution >= 0.6 is 11.3 Å². The summed E-state index contributed by atoms with van der Waals surface area (Å²) in [5, 5.41) is 19.6. The number of β-amino-alcohol motifs (C(OH)–C–C–N with tert-alkyl or cyclic N) is 1. The van der Waals surface area contributed by atoms with Gasteiger partial charge in [-0.05, 0) is 41.8 Å². The summed E-state index contributed by atoms with van der Waals surface area (Å²) in [6.45, 7) is 1.53. The molecule has 2 heterocycles. The van der Waals surface area contributed by atoms with Crippen molar-refractivity contribution in [2.24, 2.45) is 0 Å². The van der Waals surface area contributed by atoms with Gasteiger partial charge < -0.3 is 10.0 Å². The van der Waals surface area contributed by atoms with Crippen molar-refractivity contribution in [3.8, 4) is 17.2 Å². The van der Waals surface area contributed by atoms with Crippen LogP contribution in [0, 0.1) is 11.3 Å². The molecule has 1 aromatic heterocycles. The molecular weight excluding hydrogens is 306 g/mol. The number of nitriles is 1. The van der Waals surface area contributed by atoms with Gasteiger partial charge in [-0.1, -0.05) is 29.5 Å². The highest BCUT2D eigenvalue weighted by atomic mass is 32.1. The lowest BCUT2D eigenvalue weighted by molar-refractivity contribution is 0.198. The molecule has 5 heteroatoms. The van der Waals surface area contributed by atoms with Gasteiger partial charge in [-0.3, -0.25) is 0 Å². The van der Waals surface area contributed by atoms with Gasteiger partial charge in [0.25, 0.3) is 0 Å². The second-order valence-corrected chi connectivity index (χ2v) is 6.77. The normalized spacial score (nSPS) is 17.6. The zero-order valence-corrected chi connectivity index (χ0v) is 13.3. The van der Waals surface area contributed by atoms with Crippen LogP contribution in [0.3, 0.4) is 0 Å². The lowest BCUT2D eigenvalue weighted by Crippen LogP contribution is -2.20. The average molecular weight is 321 g/mol. The minimum absolute atomic E-state index is 0.240. The van der Waals surface area contributed by atoms with Crippen LogP contribution in [0.5, 0.6) is 0 Å². The van der Waals surface area contributed by atoms with E-state index < -0.39 is 0 Å². The van der Waals surface area contributed by atoms with Crippen LogP contribution in [0.2, 0.25) is 0 Å². The lowest BCUT2D eigenvalue weighted by atomic mass is 10.0. The summed E-state index contributed by atoms with van der Waals surface area (Å²) in [5.74, 6) is 0. The van der Waals surface area contributed by atoms with Gasteiger partial charge in [-0.2, -0.15) is 5.26 Å². The van der Waals surface area contributed by atoms with Gasteiger partial charge >= 0.3 is 0 Å². The Hall–Kier alpha value is -2.42. The van der Waals surface area contributed by atoms with E-state index in [1.54, 1.807) is 11.3 Å². The second kappa shape index (κ2) is 5.65. The summed E-state index contributed by atoms with van der Waals surface area (Å²) in [5.41, 5.74) is 3.88. The van der Waals surface area contributed by atoms with Crippen molar-refractivity contribution < 1.29 is 5.11 Å². The van der Waals surface area contributed by atoms with E-state index in [0.717, 1.165) is 39.4 Å². The number of thiazole rings is 1. The third kappa shape index (κ3) is 2.67. The zero-order chi connectivity index (χ0) is 15.8. The molecule has 23 heavy (non-hydrogen) atoms. The summed E-state index contributed by atoms with van der Waals surface area (Å²) in [6.07, 6.45) is 0.572. The minimum Gasteiger partial charge on any atom is -0.391 e. The predicted octanol–water partition coefficient (Wildman–Crippen LogP) is 3.41. The zero-order valence-electron chi connectivity index (χ0n) is 12.4. The standard InChI is InChI=1S/C18H15N3OS/c19-10-12-1-3-13(4-2-12)14-5-6-16-17(9-14)23-18(20-16)21-8-7-15(22)11-21/h1-6,9,15,22H,7-8,11H2/t15-/m0/s1. The Kier molecular flexibility index (Phi) is 3.49. The Labute approximate surface area is 138 Å². The smallest absolute Gasteiger partial charge is 0.186 e. The van der Waals surface area contributed by atoms with Gasteiger partial charge in [0.05, 0.1) is 28.0 Å². The van der Waals surface area contributed by atoms with Gasteiger partial charge in [-0.15, -0.1) is 0 Å². The Morgan fingerprint density at radius 2 is 1.96 bits per heavy atom. The van der Waals surface area contributed by atoms with Gasteiger partial charge in [0, 0.05) is 13.1 Å². The maximum absolute atomic E-state index is 9.68. The van der Waals surface area contributed by atoms with Crippen LogP contribution in [0.25, 0.3) is 21.3 Å². The van der Waals surface area contributed by atoms with Crippen LogP contribution in [0.4, 0.5) is 5.13 Å². The molecule has 0 radical (unpaired) electrons. The first-order chi connectivity index (χ1) is 11.2. The minimum atomic E-state index is -0.240. The van der Waals surface area contributed by atoms with Crippen LogP contribution in [-0.2, 0) is 0 Å². The number of aliphatic hydroxyl groups is 1. The van der Waals surface area contributed by atoms with Crippen molar-refractivity contribution in [3.63, 3.8) is 0 Å². The molecule has 4 rings (SSSR count). The molecule has 1 saturated heterocycles. The van der Waals surface area contributed by atoms with E-state index in [2.05, 4.69) is 28.1 Å². The molecule has 0 amide bonds. The third-order valence-corrected chi connectivity index (χ3v) is 5.24. The molecule has 1 fully saturated rings. The van der Waals surface area contributed by atoms with Crippen LogP contribution in [-0.4, -0.2) is 29.3 Å². The monoisotopic (exact) mass is 321 g/mol. The van der Waals surface area contributed by atoms with Crippen molar-refractivity contribution in [1.29, 1.82) is 5.26 Å². The number of aliphatic hydroxyl groups excluding tert-OH is 1. The number of hydrogen-bond acceptors (Lipinski definition) is 5. The second-order valence-electron chi connectivity index (χ2n) is 5.76. The molecule has 0 aliphatic carbocycles. The molecule has 2 aromatic carbocycles. The lowest BCUT2D eigenvalue weighted by Gasteiger charge is -2.12. The van der Waals surface area contributed by atoms with Crippen molar-refractivity contribution in [3.05, 3.63) is 48.0 Å². The molecule has 0 bridgehead atoms. The number of rotatable bonds is 2. The highest BCUT2D eigenvalue weighted by Gasteiger charge is 2.22.